The molecule has 0 radical (unpaired) electrons. The van der Waals surface area contributed by atoms with Gasteiger partial charge in [-0.1, -0.05) is 36.4 Å². The molecule has 0 spiro atoms. The van der Waals surface area contributed by atoms with Crippen molar-refractivity contribution in [3.05, 3.63) is 65.7 Å². The van der Waals surface area contributed by atoms with E-state index < -0.39 is 0 Å². The van der Waals surface area contributed by atoms with Crippen molar-refractivity contribution >= 4 is 11.6 Å². The highest BCUT2D eigenvalue weighted by molar-refractivity contribution is 6.06. The van der Waals surface area contributed by atoms with Gasteiger partial charge in [-0.25, -0.2) is 0 Å². The van der Waals surface area contributed by atoms with Crippen LogP contribution < -0.4 is 10.6 Å². The summed E-state index contributed by atoms with van der Waals surface area (Å²) in [5.41, 5.74) is 8.94. The van der Waals surface area contributed by atoms with E-state index >= 15 is 0 Å². The third-order valence-corrected chi connectivity index (χ3v) is 3.79. The molecule has 1 aliphatic rings. The molecule has 102 valence electrons. The van der Waals surface area contributed by atoms with Gasteiger partial charge in [-0.3, -0.25) is 4.79 Å². The molecule has 3 nitrogen and oxygen atoms in total. The summed E-state index contributed by atoms with van der Waals surface area (Å²) in [5.74, 6) is 0.0483. The number of amides is 1. The molecule has 3 rings (SSSR count). The highest BCUT2D eigenvalue weighted by Crippen LogP contribution is 2.32. The van der Waals surface area contributed by atoms with Gasteiger partial charge >= 0.3 is 0 Å². The van der Waals surface area contributed by atoms with Crippen molar-refractivity contribution in [1.82, 2.24) is 0 Å². The smallest absolute Gasteiger partial charge is 0.258 e. The topological polar surface area (TPSA) is 46.3 Å². The molecule has 0 fully saturated rings. The van der Waals surface area contributed by atoms with Crippen LogP contribution in [0.15, 0.2) is 54.6 Å². The molecule has 1 heterocycles. The Hall–Kier alpha value is -2.13. The molecule has 0 aromatic heterocycles. The summed E-state index contributed by atoms with van der Waals surface area (Å²) in [5, 5.41) is 0. The molecule has 2 aromatic rings. The third kappa shape index (κ3) is 2.32. The van der Waals surface area contributed by atoms with Crippen molar-refractivity contribution in [2.45, 2.75) is 18.9 Å². The van der Waals surface area contributed by atoms with E-state index in [1.54, 1.807) is 0 Å². The van der Waals surface area contributed by atoms with E-state index in [-0.39, 0.29) is 11.9 Å². The van der Waals surface area contributed by atoms with Crippen LogP contribution in [0.25, 0.3) is 0 Å². The number of fused-ring (bicyclic) bond motifs is 1. The Morgan fingerprint density at radius 1 is 1.05 bits per heavy atom. The van der Waals surface area contributed by atoms with Gasteiger partial charge in [0.2, 0.25) is 0 Å². The van der Waals surface area contributed by atoms with Crippen LogP contribution in [0.4, 0.5) is 5.69 Å². The minimum atomic E-state index is 0.0137. The van der Waals surface area contributed by atoms with E-state index in [1.165, 1.54) is 0 Å². The second-order valence-corrected chi connectivity index (χ2v) is 5.13. The number of nitrogens with zero attached hydrogens (tertiary/aromatic N) is 1. The van der Waals surface area contributed by atoms with Crippen LogP contribution in [0.2, 0.25) is 0 Å². The molecule has 2 N–H and O–H groups in total. The first kappa shape index (κ1) is 12.9. The van der Waals surface area contributed by atoms with Gasteiger partial charge in [0.05, 0.1) is 0 Å². The molecule has 0 bridgehead atoms. The molecular formula is C17H18N2O. The van der Waals surface area contributed by atoms with Crippen molar-refractivity contribution in [2.75, 3.05) is 11.4 Å². The van der Waals surface area contributed by atoms with Crippen LogP contribution in [-0.2, 0) is 0 Å². The zero-order chi connectivity index (χ0) is 13.9. The fraction of sp³-hybridized carbons (Fsp3) is 0.235. The lowest BCUT2D eigenvalue weighted by molar-refractivity contribution is 0.0987. The van der Waals surface area contributed by atoms with Crippen LogP contribution in [0.1, 0.15) is 34.8 Å². The van der Waals surface area contributed by atoms with Gasteiger partial charge in [-0.15, -0.1) is 0 Å². The van der Waals surface area contributed by atoms with E-state index in [0.29, 0.717) is 0 Å². The quantitative estimate of drug-likeness (QED) is 0.862. The highest BCUT2D eigenvalue weighted by atomic mass is 16.2. The van der Waals surface area contributed by atoms with Gasteiger partial charge in [-0.2, -0.15) is 0 Å². The van der Waals surface area contributed by atoms with E-state index in [1.807, 2.05) is 59.5 Å². The SMILES string of the molecule is NC1CCCN(C(=O)c2ccccc2)c2ccccc21. The molecule has 1 amide bonds. The second-order valence-electron chi connectivity index (χ2n) is 5.13. The van der Waals surface area contributed by atoms with Crippen molar-refractivity contribution < 1.29 is 4.79 Å². The standard InChI is InChI=1S/C17H18N2O/c18-15-10-6-12-19(16-11-5-4-9-14(15)16)17(20)13-7-2-1-3-8-13/h1-5,7-9,11,15H,6,10,12,18H2. The summed E-state index contributed by atoms with van der Waals surface area (Å²) < 4.78 is 0. The minimum Gasteiger partial charge on any atom is -0.324 e. The number of hydrogen-bond acceptors (Lipinski definition) is 2. The molecule has 0 saturated carbocycles. The predicted octanol–water partition coefficient (Wildman–Crippen LogP) is 3.13. The van der Waals surface area contributed by atoms with Gasteiger partial charge in [0.25, 0.3) is 5.91 Å². The number of rotatable bonds is 1. The average molecular weight is 266 g/mol. The summed E-state index contributed by atoms with van der Waals surface area (Å²) in [4.78, 5) is 14.6. The van der Waals surface area contributed by atoms with Gasteiger partial charge in [0.1, 0.15) is 0 Å². The average Bonchev–Trinajstić information content (AvgIpc) is 2.67. The van der Waals surface area contributed by atoms with E-state index in [4.69, 9.17) is 5.73 Å². The Labute approximate surface area is 119 Å². The summed E-state index contributed by atoms with van der Waals surface area (Å²) in [6.45, 7) is 0.721. The van der Waals surface area contributed by atoms with Crippen LogP contribution in [0.5, 0.6) is 0 Å². The van der Waals surface area contributed by atoms with Crippen molar-refractivity contribution in [2.24, 2.45) is 5.73 Å². The van der Waals surface area contributed by atoms with Crippen LogP contribution in [0.3, 0.4) is 0 Å². The normalized spacial score (nSPS) is 18.2. The van der Waals surface area contributed by atoms with Crippen LogP contribution in [0, 0.1) is 0 Å². The number of hydrogen-bond donors (Lipinski definition) is 1. The first-order valence-corrected chi connectivity index (χ1v) is 6.99. The Morgan fingerprint density at radius 2 is 1.75 bits per heavy atom. The fourth-order valence-electron chi connectivity index (χ4n) is 2.74. The molecule has 1 atom stereocenters. The molecule has 2 aromatic carbocycles. The van der Waals surface area contributed by atoms with Gasteiger partial charge in [0, 0.05) is 23.8 Å². The number of carbonyl (C=O) groups excluding carboxylic acids is 1. The van der Waals surface area contributed by atoms with Gasteiger partial charge < -0.3 is 10.6 Å². The molecule has 20 heavy (non-hydrogen) atoms. The van der Waals surface area contributed by atoms with E-state index in [9.17, 15) is 4.79 Å². The third-order valence-electron chi connectivity index (χ3n) is 3.79. The lowest BCUT2D eigenvalue weighted by Crippen LogP contribution is -2.31. The zero-order valence-corrected chi connectivity index (χ0v) is 11.3. The lowest BCUT2D eigenvalue weighted by atomic mass is 10.0. The summed E-state index contributed by atoms with van der Waals surface area (Å²) >= 11 is 0. The Morgan fingerprint density at radius 3 is 2.55 bits per heavy atom. The fourth-order valence-corrected chi connectivity index (χ4v) is 2.74. The zero-order valence-electron chi connectivity index (χ0n) is 11.3. The van der Waals surface area contributed by atoms with Crippen molar-refractivity contribution in [1.29, 1.82) is 0 Å². The second kappa shape index (κ2) is 5.47. The molecule has 1 aliphatic heterocycles. The van der Waals surface area contributed by atoms with Crippen LogP contribution in [-0.4, -0.2) is 12.5 Å². The van der Waals surface area contributed by atoms with Gasteiger partial charge in [-0.05, 0) is 36.6 Å². The maximum atomic E-state index is 12.7. The maximum absolute atomic E-state index is 12.7. The maximum Gasteiger partial charge on any atom is 0.258 e. The van der Waals surface area contributed by atoms with Crippen molar-refractivity contribution in [3.8, 4) is 0 Å². The molecular weight excluding hydrogens is 248 g/mol. The largest absolute Gasteiger partial charge is 0.324 e. The predicted molar refractivity (Wildman–Crippen MR) is 80.7 cm³/mol. The Balaban J connectivity index is 2.01. The molecule has 1 unspecified atom stereocenters. The lowest BCUT2D eigenvalue weighted by Gasteiger charge is -2.23. The Kier molecular flexibility index (Phi) is 3.52. The molecule has 0 saturated heterocycles. The summed E-state index contributed by atoms with van der Waals surface area (Å²) in [6.07, 6.45) is 1.84. The van der Waals surface area contributed by atoms with E-state index in [0.717, 1.165) is 36.2 Å². The van der Waals surface area contributed by atoms with E-state index in [2.05, 4.69) is 0 Å². The van der Waals surface area contributed by atoms with Gasteiger partial charge in [0.15, 0.2) is 0 Å². The Bertz CT molecular complexity index is 609. The molecule has 3 heteroatoms. The first-order chi connectivity index (χ1) is 9.77. The number of para-hydroxylation sites is 1. The molecule has 0 aliphatic carbocycles. The number of anilines is 1. The summed E-state index contributed by atoms with van der Waals surface area (Å²) in [7, 11) is 0. The number of benzene rings is 2. The number of carbonyl (C=O) groups is 1. The first-order valence-electron chi connectivity index (χ1n) is 6.99. The van der Waals surface area contributed by atoms with Crippen LogP contribution >= 0.6 is 0 Å². The monoisotopic (exact) mass is 266 g/mol. The summed E-state index contributed by atoms with van der Waals surface area (Å²) in [6, 6.07) is 17.4. The number of nitrogens with two attached hydrogens (primary N) is 1. The van der Waals surface area contributed by atoms with Crippen molar-refractivity contribution in [3.63, 3.8) is 0 Å². The minimum absolute atomic E-state index is 0.0137. The highest BCUT2D eigenvalue weighted by Gasteiger charge is 2.24.